The van der Waals surface area contributed by atoms with E-state index in [-0.39, 0.29) is 11.8 Å². The van der Waals surface area contributed by atoms with E-state index in [1.165, 1.54) is 4.68 Å². The minimum atomic E-state index is -0.171. The van der Waals surface area contributed by atoms with E-state index in [2.05, 4.69) is 28.0 Å². The van der Waals surface area contributed by atoms with Crippen molar-refractivity contribution in [3.63, 3.8) is 0 Å². The first kappa shape index (κ1) is 21.8. The first-order valence-electron chi connectivity index (χ1n) is 11.9. The maximum atomic E-state index is 13.6. The van der Waals surface area contributed by atoms with Crippen LogP contribution in [0.15, 0.2) is 103 Å². The topological polar surface area (TPSA) is 60.1 Å². The van der Waals surface area contributed by atoms with Crippen LogP contribution in [0.1, 0.15) is 37.5 Å². The van der Waals surface area contributed by atoms with E-state index in [4.69, 9.17) is 0 Å². The average molecular weight is 473 g/mol. The fourth-order valence-electron chi connectivity index (χ4n) is 4.73. The van der Waals surface area contributed by atoms with Crippen LogP contribution in [0.25, 0.3) is 11.3 Å². The van der Waals surface area contributed by atoms with Crippen LogP contribution in [0, 0.1) is 6.92 Å². The van der Waals surface area contributed by atoms with Gasteiger partial charge in [0.1, 0.15) is 0 Å². The number of aryl methyl sites for hydroxylation is 1. The maximum absolute atomic E-state index is 13.6. The number of amides is 1. The van der Waals surface area contributed by atoms with Crippen LogP contribution in [-0.2, 0) is 13.1 Å². The Kier molecular flexibility index (Phi) is 5.34. The van der Waals surface area contributed by atoms with Crippen LogP contribution >= 0.6 is 0 Å². The van der Waals surface area contributed by atoms with Gasteiger partial charge in [0.15, 0.2) is 0 Å². The van der Waals surface area contributed by atoms with E-state index < -0.39 is 0 Å². The Balaban J connectivity index is 1.26. The molecule has 1 aliphatic heterocycles. The van der Waals surface area contributed by atoms with E-state index in [9.17, 15) is 9.59 Å². The average Bonchev–Trinajstić information content (AvgIpc) is 3.55. The predicted octanol–water partition coefficient (Wildman–Crippen LogP) is 5.56. The van der Waals surface area contributed by atoms with Gasteiger partial charge in [-0.1, -0.05) is 48.5 Å². The monoisotopic (exact) mass is 472 g/mol. The Morgan fingerprint density at radius 1 is 0.750 bits per heavy atom. The van der Waals surface area contributed by atoms with Crippen molar-refractivity contribution in [1.82, 2.24) is 14.3 Å². The highest BCUT2D eigenvalue weighted by molar-refractivity contribution is 6.06. The fourth-order valence-corrected chi connectivity index (χ4v) is 4.73. The molecule has 1 amide bonds. The Morgan fingerprint density at radius 2 is 1.53 bits per heavy atom. The van der Waals surface area contributed by atoms with E-state index in [1.54, 1.807) is 12.3 Å². The standard InChI is InChI=1S/C30H24N4O2/c1-21-7-2-4-10-26(21)30(36)34-18-16-27(31-34)22-12-14-23(15-13-22)29(35)33-20-25-9-6-17-32(25)19-24-8-3-5-11-28(24)33/h2-18H,19-20H2,1H3. The summed E-state index contributed by atoms with van der Waals surface area (Å²) < 4.78 is 3.55. The number of hydrogen-bond donors (Lipinski definition) is 0. The normalized spacial score (nSPS) is 12.5. The highest BCUT2D eigenvalue weighted by Gasteiger charge is 2.24. The zero-order valence-corrected chi connectivity index (χ0v) is 19.8. The maximum Gasteiger partial charge on any atom is 0.278 e. The minimum Gasteiger partial charge on any atom is -0.345 e. The zero-order valence-electron chi connectivity index (χ0n) is 19.8. The number of hydrogen-bond acceptors (Lipinski definition) is 3. The molecule has 6 rings (SSSR count). The molecule has 0 unspecified atom stereocenters. The summed E-state index contributed by atoms with van der Waals surface area (Å²) in [6.07, 6.45) is 3.73. The Hall–Kier alpha value is -4.71. The largest absolute Gasteiger partial charge is 0.345 e. The molecule has 0 fully saturated rings. The number of fused-ring (bicyclic) bond motifs is 2. The van der Waals surface area contributed by atoms with Crippen molar-refractivity contribution in [1.29, 1.82) is 0 Å². The number of carbonyl (C=O) groups is 2. The van der Waals surface area contributed by atoms with Crippen molar-refractivity contribution in [2.75, 3.05) is 4.90 Å². The summed E-state index contributed by atoms with van der Waals surface area (Å²) in [6.45, 7) is 3.16. The molecule has 0 N–H and O–H groups in total. The molecule has 6 nitrogen and oxygen atoms in total. The van der Waals surface area contributed by atoms with Gasteiger partial charge in [-0.15, -0.1) is 0 Å². The van der Waals surface area contributed by atoms with Gasteiger partial charge in [0.2, 0.25) is 0 Å². The van der Waals surface area contributed by atoms with Gasteiger partial charge >= 0.3 is 0 Å². The first-order valence-corrected chi connectivity index (χ1v) is 11.9. The lowest BCUT2D eigenvalue weighted by Crippen LogP contribution is -2.30. The third-order valence-corrected chi connectivity index (χ3v) is 6.71. The number of aromatic nitrogens is 3. The second kappa shape index (κ2) is 8.82. The molecule has 3 heterocycles. The van der Waals surface area contributed by atoms with Crippen molar-refractivity contribution in [3.8, 4) is 11.3 Å². The zero-order chi connectivity index (χ0) is 24.6. The summed E-state index contributed by atoms with van der Waals surface area (Å²) in [4.78, 5) is 28.4. The molecule has 3 aromatic carbocycles. The van der Waals surface area contributed by atoms with E-state index in [1.807, 2.05) is 84.6 Å². The molecule has 0 radical (unpaired) electrons. The summed E-state index contributed by atoms with van der Waals surface area (Å²) in [7, 11) is 0. The lowest BCUT2D eigenvalue weighted by molar-refractivity contribution is 0.0943. The van der Waals surface area contributed by atoms with Crippen LogP contribution in [0.4, 0.5) is 5.69 Å². The molecule has 6 heteroatoms. The molecule has 5 aromatic rings. The van der Waals surface area contributed by atoms with Gasteiger partial charge in [0.05, 0.1) is 12.2 Å². The second-order valence-electron chi connectivity index (χ2n) is 8.99. The number of anilines is 1. The molecule has 36 heavy (non-hydrogen) atoms. The van der Waals surface area contributed by atoms with E-state index in [0.717, 1.165) is 34.6 Å². The van der Waals surface area contributed by atoms with Gasteiger partial charge in [-0.05, 0) is 60.5 Å². The Labute approximate surface area is 209 Å². The molecular weight excluding hydrogens is 448 g/mol. The third kappa shape index (κ3) is 3.82. The Morgan fingerprint density at radius 3 is 2.36 bits per heavy atom. The van der Waals surface area contributed by atoms with E-state index in [0.29, 0.717) is 23.4 Å². The van der Waals surface area contributed by atoms with Crippen molar-refractivity contribution in [2.45, 2.75) is 20.0 Å². The fraction of sp³-hybridized carbons (Fsp3) is 0.100. The molecular formula is C30H24N4O2. The highest BCUT2D eigenvalue weighted by atomic mass is 16.2. The molecule has 0 saturated heterocycles. The lowest BCUT2D eigenvalue weighted by atomic mass is 10.1. The number of carbonyl (C=O) groups excluding carboxylic acids is 2. The molecule has 0 aliphatic carbocycles. The molecule has 2 aromatic heterocycles. The van der Waals surface area contributed by atoms with Gasteiger partial charge in [-0.25, -0.2) is 4.68 Å². The van der Waals surface area contributed by atoms with Gasteiger partial charge in [0.25, 0.3) is 11.8 Å². The number of nitrogens with zero attached hydrogens (tertiary/aromatic N) is 4. The predicted molar refractivity (Wildman–Crippen MR) is 139 cm³/mol. The van der Waals surface area contributed by atoms with Crippen molar-refractivity contribution < 1.29 is 9.59 Å². The molecule has 176 valence electrons. The lowest BCUT2D eigenvalue weighted by Gasteiger charge is -2.23. The van der Waals surface area contributed by atoms with Crippen LogP contribution in [-0.4, -0.2) is 26.2 Å². The summed E-state index contributed by atoms with van der Waals surface area (Å²) in [6, 6.07) is 28.8. The van der Waals surface area contributed by atoms with Gasteiger partial charge in [-0.3, -0.25) is 9.59 Å². The quantitative estimate of drug-likeness (QED) is 0.346. The second-order valence-corrected chi connectivity index (χ2v) is 8.99. The van der Waals surface area contributed by atoms with Gasteiger partial charge in [0, 0.05) is 47.0 Å². The number of para-hydroxylation sites is 1. The van der Waals surface area contributed by atoms with Crippen molar-refractivity contribution in [2.24, 2.45) is 0 Å². The summed E-state index contributed by atoms with van der Waals surface area (Å²) in [5, 5.41) is 4.49. The summed E-state index contributed by atoms with van der Waals surface area (Å²) >= 11 is 0. The molecule has 0 atom stereocenters. The van der Waals surface area contributed by atoms with Crippen LogP contribution in [0.5, 0.6) is 0 Å². The Bertz CT molecular complexity index is 1590. The minimum absolute atomic E-state index is 0.0519. The molecule has 0 spiro atoms. The van der Waals surface area contributed by atoms with Crippen LogP contribution in [0.2, 0.25) is 0 Å². The number of rotatable bonds is 3. The smallest absolute Gasteiger partial charge is 0.278 e. The number of benzene rings is 3. The summed E-state index contributed by atoms with van der Waals surface area (Å²) in [5.41, 5.74) is 6.79. The third-order valence-electron chi connectivity index (χ3n) is 6.71. The molecule has 0 bridgehead atoms. The van der Waals surface area contributed by atoms with Crippen LogP contribution < -0.4 is 4.90 Å². The molecule has 1 aliphatic rings. The van der Waals surface area contributed by atoms with E-state index >= 15 is 0 Å². The first-order chi connectivity index (χ1) is 17.6. The SMILES string of the molecule is Cc1ccccc1C(=O)n1ccc(-c2ccc(C(=O)N3Cc4cccn4Cc4ccccc43)cc2)n1. The molecule has 0 saturated carbocycles. The highest BCUT2D eigenvalue weighted by Crippen LogP contribution is 2.29. The summed E-state index contributed by atoms with van der Waals surface area (Å²) in [5.74, 6) is -0.223. The van der Waals surface area contributed by atoms with Crippen molar-refractivity contribution >= 4 is 17.5 Å². The van der Waals surface area contributed by atoms with Crippen LogP contribution in [0.3, 0.4) is 0 Å². The van der Waals surface area contributed by atoms with Gasteiger partial charge < -0.3 is 9.47 Å². The van der Waals surface area contributed by atoms with Crippen molar-refractivity contribution in [3.05, 3.63) is 131 Å². The van der Waals surface area contributed by atoms with Gasteiger partial charge in [-0.2, -0.15) is 5.10 Å².